The van der Waals surface area contributed by atoms with E-state index in [0.717, 1.165) is 54.8 Å². The van der Waals surface area contributed by atoms with Gasteiger partial charge in [-0.05, 0) is 78.1 Å². The molecule has 5 nitrogen and oxygen atoms in total. The molecule has 1 saturated heterocycles. The molecule has 2 atom stereocenters. The second-order valence-corrected chi connectivity index (χ2v) is 9.75. The average molecular weight is 457 g/mol. The molecule has 174 valence electrons. The molecule has 0 saturated carbocycles. The van der Waals surface area contributed by atoms with Gasteiger partial charge >= 0.3 is 0 Å². The molecule has 2 N–H and O–H groups in total. The Hall–Kier alpha value is -1.57. The van der Waals surface area contributed by atoms with Gasteiger partial charge in [0.05, 0.1) is 38.2 Å². The molecule has 4 rings (SSSR count). The first-order chi connectivity index (χ1) is 15.7. The van der Waals surface area contributed by atoms with Crippen LogP contribution in [-0.2, 0) is 24.2 Å². The molecule has 2 aromatic rings. The van der Waals surface area contributed by atoms with E-state index >= 15 is 0 Å². The lowest BCUT2D eigenvalue weighted by Crippen LogP contribution is -2.40. The van der Waals surface area contributed by atoms with Crippen molar-refractivity contribution in [3.63, 3.8) is 0 Å². The summed E-state index contributed by atoms with van der Waals surface area (Å²) in [6, 6.07) is 13.6. The number of nitrogens with zero attached hydrogens (tertiary/aromatic N) is 2. The highest BCUT2D eigenvalue weighted by atomic mass is 32.2. The molecule has 0 radical (unpaired) electrons. The number of benzene rings is 2. The zero-order chi connectivity index (χ0) is 22.5. The lowest BCUT2D eigenvalue weighted by molar-refractivity contribution is 0.00214. The van der Waals surface area contributed by atoms with Crippen LogP contribution in [-0.4, -0.2) is 54.1 Å². The van der Waals surface area contributed by atoms with E-state index in [0.29, 0.717) is 19.3 Å². The summed E-state index contributed by atoms with van der Waals surface area (Å²) in [5.41, 5.74) is 6.07. The maximum absolute atomic E-state index is 10.2. The van der Waals surface area contributed by atoms with E-state index in [-0.39, 0.29) is 19.3 Å². The van der Waals surface area contributed by atoms with Crippen molar-refractivity contribution in [3.05, 3.63) is 58.7 Å². The highest BCUT2D eigenvalue weighted by Gasteiger charge is 2.28. The molecule has 1 fully saturated rings. The number of aliphatic hydroxyl groups excluding tert-OH is 2. The van der Waals surface area contributed by atoms with E-state index in [2.05, 4.69) is 59.5 Å². The van der Waals surface area contributed by atoms with Crippen LogP contribution in [0.1, 0.15) is 55.0 Å². The van der Waals surface area contributed by atoms with Crippen molar-refractivity contribution < 1.29 is 14.9 Å². The van der Waals surface area contributed by atoms with Crippen LogP contribution in [0.5, 0.6) is 0 Å². The first kappa shape index (κ1) is 23.6. The van der Waals surface area contributed by atoms with Crippen LogP contribution < -0.4 is 4.31 Å². The van der Waals surface area contributed by atoms with Gasteiger partial charge in [0.2, 0.25) is 0 Å². The summed E-state index contributed by atoms with van der Waals surface area (Å²) in [6.07, 6.45) is 4.47. The van der Waals surface area contributed by atoms with Crippen LogP contribution in [0.15, 0.2) is 41.3 Å². The molecule has 2 unspecified atom stereocenters. The lowest BCUT2D eigenvalue weighted by atomic mass is 9.94. The fourth-order valence-electron chi connectivity index (χ4n) is 4.92. The predicted molar refractivity (Wildman–Crippen MR) is 131 cm³/mol. The van der Waals surface area contributed by atoms with Crippen molar-refractivity contribution in [2.45, 2.75) is 63.1 Å². The molecular weight excluding hydrogens is 420 g/mol. The molecule has 32 heavy (non-hydrogen) atoms. The van der Waals surface area contributed by atoms with Crippen molar-refractivity contribution in [1.29, 1.82) is 0 Å². The van der Waals surface area contributed by atoms with Crippen molar-refractivity contribution in [3.8, 4) is 0 Å². The monoisotopic (exact) mass is 456 g/mol. The summed E-state index contributed by atoms with van der Waals surface area (Å²) in [5.74, 6) is 0. The molecule has 0 bridgehead atoms. The first-order valence-corrected chi connectivity index (χ1v) is 12.7. The molecule has 2 aliphatic heterocycles. The highest BCUT2D eigenvalue weighted by molar-refractivity contribution is 8.00. The summed E-state index contributed by atoms with van der Waals surface area (Å²) in [5, 5.41) is 20.3. The van der Waals surface area contributed by atoms with Crippen molar-refractivity contribution in [2.75, 3.05) is 37.2 Å². The van der Waals surface area contributed by atoms with Gasteiger partial charge in [-0.3, -0.25) is 4.90 Å². The van der Waals surface area contributed by atoms with Crippen LogP contribution >= 0.6 is 11.9 Å². The van der Waals surface area contributed by atoms with Crippen molar-refractivity contribution >= 4 is 17.6 Å². The number of aryl methyl sites for hydroxylation is 2. The zero-order valence-electron chi connectivity index (χ0n) is 19.3. The van der Waals surface area contributed by atoms with Crippen LogP contribution in [0.2, 0.25) is 0 Å². The molecular formula is C26H36N2O3S. The minimum absolute atomic E-state index is 0.0295. The van der Waals surface area contributed by atoms with Crippen molar-refractivity contribution in [1.82, 2.24) is 4.90 Å². The van der Waals surface area contributed by atoms with Crippen LogP contribution in [0.4, 0.5) is 5.69 Å². The van der Waals surface area contributed by atoms with E-state index in [9.17, 15) is 10.2 Å². The average Bonchev–Trinajstić information content (AvgIpc) is 2.85. The van der Waals surface area contributed by atoms with E-state index in [1.165, 1.54) is 16.8 Å². The van der Waals surface area contributed by atoms with Gasteiger partial charge in [-0.2, -0.15) is 0 Å². The minimum atomic E-state index is -0.105. The summed E-state index contributed by atoms with van der Waals surface area (Å²) in [6.45, 7) is 7.45. The van der Waals surface area contributed by atoms with Gasteiger partial charge in [0, 0.05) is 24.0 Å². The fourth-order valence-corrected chi connectivity index (χ4v) is 6.15. The Bertz CT molecular complexity index is 901. The predicted octanol–water partition coefficient (Wildman–Crippen LogP) is 4.35. The highest BCUT2D eigenvalue weighted by Crippen LogP contribution is 2.41. The molecule has 2 aliphatic rings. The van der Waals surface area contributed by atoms with Gasteiger partial charge in [-0.25, -0.2) is 0 Å². The largest absolute Gasteiger partial charge is 0.394 e. The van der Waals surface area contributed by atoms with E-state index in [1.54, 1.807) is 11.9 Å². The van der Waals surface area contributed by atoms with Gasteiger partial charge < -0.3 is 19.3 Å². The maximum Gasteiger partial charge on any atom is 0.0685 e. The van der Waals surface area contributed by atoms with E-state index in [1.807, 2.05) is 0 Å². The van der Waals surface area contributed by atoms with Crippen molar-refractivity contribution in [2.24, 2.45) is 0 Å². The number of rotatable bonds is 8. The Morgan fingerprint density at radius 1 is 1.09 bits per heavy atom. The zero-order valence-corrected chi connectivity index (χ0v) is 20.1. The number of aliphatic hydroxyl groups is 2. The Balaban J connectivity index is 1.60. The second kappa shape index (κ2) is 11.0. The third-order valence-corrected chi connectivity index (χ3v) is 8.00. The normalized spacial score (nSPS) is 20.2. The Kier molecular flexibility index (Phi) is 8.13. The van der Waals surface area contributed by atoms with Gasteiger partial charge in [-0.1, -0.05) is 32.0 Å². The van der Waals surface area contributed by atoms with E-state index in [4.69, 9.17) is 4.74 Å². The Labute approximate surface area is 196 Å². The molecule has 0 aliphatic carbocycles. The van der Waals surface area contributed by atoms with Gasteiger partial charge in [0.15, 0.2) is 0 Å². The molecule has 0 amide bonds. The molecule has 2 aromatic carbocycles. The Morgan fingerprint density at radius 2 is 1.91 bits per heavy atom. The Morgan fingerprint density at radius 3 is 2.59 bits per heavy atom. The summed E-state index contributed by atoms with van der Waals surface area (Å²) in [4.78, 5) is 3.38. The number of fused-ring (bicyclic) bond motifs is 1. The molecule has 0 spiro atoms. The lowest BCUT2D eigenvalue weighted by Gasteiger charge is -2.38. The number of hydrogen-bond acceptors (Lipinski definition) is 6. The SMILES string of the molecule is CCc1ccc2c(c1)CCC(CC)N2Sc1ccc(C(CO)N2CCOCC2)c(CO)c1. The van der Waals surface area contributed by atoms with Crippen LogP contribution in [0.25, 0.3) is 0 Å². The number of ether oxygens (including phenoxy) is 1. The standard InChI is InChI=1S/C26H36N2O3S/c1-3-19-5-10-25-20(15-19)6-7-22(4-2)28(25)32-23-8-9-24(21(16-23)17-29)26(18-30)27-11-13-31-14-12-27/h5,8-10,15-16,22,26,29-30H,3-4,6-7,11-14,17-18H2,1-2H3. The van der Waals surface area contributed by atoms with Gasteiger partial charge in [0.25, 0.3) is 0 Å². The molecule has 6 heteroatoms. The number of anilines is 1. The number of morpholine rings is 1. The molecule has 0 aromatic heterocycles. The summed E-state index contributed by atoms with van der Waals surface area (Å²) in [7, 11) is 0. The van der Waals surface area contributed by atoms with Gasteiger partial charge in [0.1, 0.15) is 0 Å². The first-order valence-electron chi connectivity index (χ1n) is 11.9. The molecule has 2 heterocycles. The fraction of sp³-hybridized carbons (Fsp3) is 0.538. The maximum atomic E-state index is 10.2. The van der Waals surface area contributed by atoms with Crippen LogP contribution in [0.3, 0.4) is 0 Å². The second-order valence-electron chi connectivity index (χ2n) is 8.70. The smallest absolute Gasteiger partial charge is 0.0685 e. The minimum Gasteiger partial charge on any atom is -0.394 e. The summed E-state index contributed by atoms with van der Waals surface area (Å²) < 4.78 is 7.94. The van der Waals surface area contributed by atoms with E-state index < -0.39 is 0 Å². The third-order valence-electron chi connectivity index (χ3n) is 6.85. The summed E-state index contributed by atoms with van der Waals surface area (Å²) >= 11 is 1.77. The van der Waals surface area contributed by atoms with Crippen LogP contribution in [0, 0.1) is 0 Å². The quantitative estimate of drug-likeness (QED) is 0.576. The van der Waals surface area contributed by atoms with Gasteiger partial charge in [-0.15, -0.1) is 0 Å². The number of hydrogen-bond donors (Lipinski definition) is 2. The topological polar surface area (TPSA) is 56.2 Å². The third kappa shape index (κ3) is 5.00.